The van der Waals surface area contributed by atoms with Gasteiger partial charge in [0.2, 0.25) is 0 Å². The zero-order valence-corrected chi connectivity index (χ0v) is 13.1. The number of aliphatic hydroxyl groups is 2. The molecular formula is C18H21NO4. The molecule has 0 aliphatic carbocycles. The maximum atomic E-state index is 11.5. The smallest absolute Gasteiger partial charge is 0.131 e. The van der Waals surface area contributed by atoms with Gasteiger partial charge in [-0.05, 0) is 29.3 Å². The number of benzene rings is 2. The molecule has 0 radical (unpaired) electrons. The van der Waals surface area contributed by atoms with Gasteiger partial charge in [0.05, 0.1) is 13.7 Å². The van der Waals surface area contributed by atoms with Crippen molar-refractivity contribution in [2.24, 2.45) is 0 Å². The molecule has 1 aliphatic rings. The van der Waals surface area contributed by atoms with Crippen molar-refractivity contribution >= 4 is 0 Å². The Morgan fingerprint density at radius 1 is 1.22 bits per heavy atom. The molecule has 122 valence electrons. The Balaban J connectivity index is 2.13. The first-order valence-corrected chi connectivity index (χ1v) is 7.62. The SMILES string of the molecule is COc1ccc2c(c1)C(O)(CNCCO)c1ccccc1CO2. The molecule has 0 spiro atoms. The third-order valence-electron chi connectivity index (χ3n) is 4.15. The second-order valence-corrected chi connectivity index (χ2v) is 5.57. The van der Waals surface area contributed by atoms with Crippen LogP contribution in [0.15, 0.2) is 42.5 Å². The average molecular weight is 315 g/mol. The molecule has 2 aromatic rings. The van der Waals surface area contributed by atoms with E-state index in [-0.39, 0.29) is 13.2 Å². The van der Waals surface area contributed by atoms with Gasteiger partial charge in [0.25, 0.3) is 0 Å². The summed E-state index contributed by atoms with van der Waals surface area (Å²) in [5, 5.41) is 23.6. The molecule has 5 nitrogen and oxygen atoms in total. The number of nitrogens with one attached hydrogen (secondary N) is 1. The van der Waals surface area contributed by atoms with Crippen LogP contribution in [0.4, 0.5) is 0 Å². The summed E-state index contributed by atoms with van der Waals surface area (Å²) in [5.74, 6) is 1.29. The number of ether oxygens (including phenoxy) is 2. The van der Waals surface area contributed by atoms with Gasteiger partial charge in [0.1, 0.15) is 23.7 Å². The fraction of sp³-hybridized carbons (Fsp3) is 0.333. The number of hydrogen-bond acceptors (Lipinski definition) is 5. The van der Waals surface area contributed by atoms with Crippen molar-refractivity contribution in [1.82, 2.24) is 5.32 Å². The van der Waals surface area contributed by atoms with E-state index < -0.39 is 5.60 Å². The molecular weight excluding hydrogens is 294 g/mol. The number of fused-ring (bicyclic) bond motifs is 2. The van der Waals surface area contributed by atoms with E-state index in [2.05, 4.69) is 5.32 Å². The summed E-state index contributed by atoms with van der Waals surface area (Å²) >= 11 is 0. The molecule has 1 atom stereocenters. The van der Waals surface area contributed by atoms with Gasteiger partial charge < -0.3 is 25.0 Å². The van der Waals surface area contributed by atoms with Crippen molar-refractivity contribution < 1.29 is 19.7 Å². The van der Waals surface area contributed by atoms with Crippen LogP contribution in [0.5, 0.6) is 11.5 Å². The zero-order chi connectivity index (χ0) is 16.3. The van der Waals surface area contributed by atoms with E-state index in [9.17, 15) is 5.11 Å². The highest BCUT2D eigenvalue weighted by atomic mass is 16.5. The van der Waals surface area contributed by atoms with Gasteiger partial charge in [0.15, 0.2) is 0 Å². The summed E-state index contributed by atoms with van der Waals surface area (Å²) in [6, 6.07) is 13.1. The van der Waals surface area contributed by atoms with Crippen molar-refractivity contribution in [2.75, 3.05) is 26.8 Å². The van der Waals surface area contributed by atoms with Gasteiger partial charge >= 0.3 is 0 Å². The summed E-state index contributed by atoms with van der Waals surface area (Å²) < 4.78 is 11.2. The highest BCUT2D eigenvalue weighted by molar-refractivity contribution is 5.52. The van der Waals surface area contributed by atoms with Gasteiger partial charge in [0, 0.05) is 18.7 Å². The van der Waals surface area contributed by atoms with E-state index in [4.69, 9.17) is 14.6 Å². The summed E-state index contributed by atoms with van der Waals surface area (Å²) in [4.78, 5) is 0. The van der Waals surface area contributed by atoms with E-state index in [0.29, 0.717) is 30.2 Å². The van der Waals surface area contributed by atoms with E-state index in [0.717, 1.165) is 11.1 Å². The molecule has 3 N–H and O–H groups in total. The van der Waals surface area contributed by atoms with Crippen LogP contribution in [0.2, 0.25) is 0 Å². The van der Waals surface area contributed by atoms with Crippen molar-refractivity contribution in [3.05, 3.63) is 59.2 Å². The first-order chi connectivity index (χ1) is 11.2. The van der Waals surface area contributed by atoms with E-state index in [1.54, 1.807) is 13.2 Å². The normalized spacial score (nSPS) is 19.3. The minimum Gasteiger partial charge on any atom is -0.497 e. The van der Waals surface area contributed by atoms with Crippen molar-refractivity contribution in [3.8, 4) is 11.5 Å². The lowest BCUT2D eigenvalue weighted by molar-refractivity contribution is 0.0777. The highest BCUT2D eigenvalue weighted by Crippen LogP contribution is 2.41. The molecule has 2 aromatic carbocycles. The third-order valence-corrected chi connectivity index (χ3v) is 4.15. The average Bonchev–Trinajstić information content (AvgIpc) is 2.71. The molecule has 0 saturated heterocycles. The lowest BCUT2D eigenvalue weighted by atomic mass is 9.83. The van der Waals surface area contributed by atoms with Crippen molar-refractivity contribution in [2.45, 2.75) is 12.2 Å². The Kier molecular flexibility index (Phi) is 4.52. The Hall–Kier alpha value is -2.08. The molecule has 0 bridgehead atoms. The summed E-state index contributed by atoms with van der Waals surface area (Å²) in [5.41, 5.74) is 1.15. The Morgan fingerprint density at radius 3 is 2.83 bits per heavy atom. The van der Waals surface area contributed by atoms with Gasteiger partial charge in [-0.2, -0.15) is 0 Å². The van der Waals surface area contributed by atoms with Crippen LogP contribution in [0.3, 0.4) is 0 Å². The Bertz CT molecular complexity index is 688. The molecule has 5 heteroatoms. The summed E-state index contributed by atoms with van der Waals surface area (Å²) in [6.07, 6.45) is 0. The predicted molar refractivity (Wildman–Crippen MR) is 86.7 cm³/mol. The zero-order valence-electron chi connectivity index (χ0n) is 13.1. The number of methoxy groups -OCH3 is 1. The Labute approximate surface area is 135 Å². The minimum absolute atomic E-state index is 0.0131. The fourth-order valence-electron chi connectivity index (χ4n) is 2.97. The van der Waals surface area contributed by atoms with Gasteiger partial charge in [-0.15, -0.1) is 0 Å². The van der Waals surface area contributed by atoms with Gasteiger partial charge in [-0.25, -0.2) is 0 Å². The monoisotopic (exact) mass is 315 g/mol. The van der Waals surface area contributed by atoms with Crippen LogP contribution in [0, 0.1) is 0 Å². The van der Waals surface area contributed by atoms with Crippen LogP contribution in [-0.4, -0.2) is 37.0 Å². The van der Waals surface area contributed by atoms with Gasteiger partial charge in [-0.1, -0.05) is 24.3 Å². The van der Waals surface area contributed by atoms with E-state index >= 15 is 0 Å². The van der Waals surface area contributed by atoms with Crippen LogP contribution in [0.25, 0.3) is 0 Å². The fourth-order valence-corrected chi connectivity index (χ4v) is 2.97. The lowest BCUT2D eigenvalue weighted by Gasteiger charge is -2.30. The van der Waals surface area contributed by atoms with E-state index in [1.807, 2.05) is 36.4 Å². The second-order valence-electron chi connectivity index (χ2n) is 5.57. The topological polar surface area (TPSA) is 71.0 Å². The van der Waals surface area contributed by atoms with Crippen molar-refractivity contribution in [3.63, 3.8) is 0 Å². The van der Waals surface area contributed by atoms with Crippen LogP contribution in [-0.2, 0) is 12.2 Å². The highest BCUT2D eigenvalue weighted by Gasteiger charge is 2.38. The molecule has 0 amide bonds. The summed E-state index contributed by atoms with van der Waals surface area (Å²) in [7, 11) is 1.59. The molecule has 0 aromatic heterocycles. The second kappa shape index (κ2) is 6.58. The first kappa shape index (κ1) is 15.8. The molecule has 1 unspecified atom stereocenters. The quantitative estimate of drug-likeness (QED) is 0.728. The molecule has 1 aliphatic heterocycles. The first-order valence-electron chi connectivity index (χ1n) is 7.62. The maximum absolute atomic E-state index is 11.5. The standard InChI is InChI=1S/C18H21NO4/c1-22-14-6-7-17-16(10-14)18(21,12-19-8-9-20)15-5-3-2-4-13(15)11-23-17/h2-7,10,19-21H,8-9,11-12H2,1H3. The molecule has 3 rings (SSSR count). The Morgan fingerprint density at radius 2 is 2.04 bits per heavy atom. The van der Waals surface area contributed by atoms with Gasteiger partial charge in [-0.3, -0.25) is 0 Å². The number of aliphatic hydroxyl groups excluding tert-OH is 1. The van der Waals surface area contributed by atoms with Crippen LogP contribution >= 0.6 is 0 Å². The molecule has 0 fully saturated rings. The molecule has 23 heavy (non-hydrogen) atoms. The summed E-state index contributed by atoms with van der Waals surface area (Å²) in [6.45, 7) is 1.09. The maximum Gasteiger partial charge on any atom is 0.131 e. The predicted octanol–water partition coefficient (Wildman–Crippen LogP) is 1.41. The third kappa shape index (κ3) is 2.91. The number of hydrogen-bond donors (Lipinski definition) is 3. The number of rotatable bonds is 5. The minimum atomic E-state index is -1.26. The largest absolute Gasteiger partial charge is 0.497 e. The van der Waals surface area contributed by atoms with Crippen LogP contribution < -0.4 is 14.8 Å². The van der Waals surface area contributed by atoms with Crippen LogP contribution in [0.1, 0.15) is 16.7 Å². The molecule has 0 saturated carbocycles. The molecule has 1 heterocycles. The van der Waals surface area contributed by atoms with Crippen molar-refractivity contribution in [1.29, 1.82) is 0 Å². The lowest BCUT2D eigenvalue weighted by Crippen LogP contribution is -2.40. The van der Waals surface area contributed by atoms with E-state index in [1.165, 1.54) is 0 Å².